The third-order valence-corrected chi connectivity index (χ3v) is 4.15. The van der Waals surface area contributed by atoms with Crippen LogP contribution in [0.2, 0.25) is 0 Å². The van der Waals surface area contributed by atoms with Crippen molar-refractivity contribution in [3.63, 3.8) is 0 Å². The van der Waals surface area contributed by atoms with E-state index >= 15 is 0 Å². The summed E-state index contributed by atoms with van der Waals surface area (Å²) in [7, 11) is 0. The summed E-state index contributed by atoms with van der Waals surface area (Å²) in [6.45, 7) is 1.58. The van der Waals surface area contributed by atoms with Crippen molar-refractivity contribution in [2.75, 3.05) is 19.6 Å². The molecule has 1 aliphatic carbocycles. The van der Waals surface area contributed by atoms with Gasteiger partial charge in [0.2, 0.25) is 0 Å². The van der Waals surface area contributed by atoms with Crippen LogP contribution in [-0.4, -0.2) is 29.6 Å². The van der Waals surface area contributed by atoms with Gasteiger partial charge in [-0.05, 0) is 56.6 Å². The minimum absolute atomic E-state index is 0. The van der Waals surface area contributed by atoms with Gasteiger partial charge < -0.3 is 10.0 Å². The molecule has 2 nitrogen and oxygen atoms in total. The van der Waals surface area contributed by atoms with E-state index < -0.39 is 43.4 Å². The molecule has 0 radical (unpaired) electrons. The summed E-state index contributed by atoms with van der Waals surface area (Å²) in [5, 5.41) is 12.0. The first-order valence-electron chi connectivity index (χ1n) is 12.9. The second-order valence-electron chi connectivity index (χ2n) is 5.53. The van der Waals surface area contributed by atoms with E-state index in [0.717, 1.165) is 12.8 Å². The van der Waals surface area contributed by atoms with Crippen LogP contribution in [0.1, 0.15) is 71.8 Å². The minimum atomic E-state index is -3.63. The molecule has 1 aromatic carbocycles. The number of halogens is 1. The zero-order chi connectivity index (χ0) is 24.4. The van der Waals surface area contributed by atoms with E-state index in [0.29, 0.717) is 13.1 Å². The van der Waals surface area contributed by atoms with Crippen LogP contribution in [0, 0.1) is 5.89 Å². The molecule has 3 rings (SSSR count). The van der Waals surface area contributed by atoms with Crippen LogP contribution in [0.4, 0.5) is 0 Å². The van der Waals surface area contributed by atoms with Gasteiger partial charge in [-0.3, -0.25) is 0 Å². The standard InChI is InChI=1S/C19H29NO.ClH/c21-19(17-9-3-1-4-10-17,18-11-5-2-6-12-18)13-16-20-14-7-8-15-20;/h1,3-4,9-10,18,21H,2,5-8,11-16H2;1H/i2D2,5D2,6D2,11D2,12D2,18D;. The Kier molecular flexibility index (Phi) is 3.03. The van der Waals surface area contributed by atoms with E-state index in [4.69, 9.17) is 15.1 Å². The summed E-state index contributed by atoms with van der Waals surface area (Å²) in [5.41, 5.74) is -2.71. The molecular formula is C19H30ClNO. The molecule has 1 aliphatic heterocycles. The minimum Gasteiger partial charge on any atom is -0.385 e. The summed E-state index contributed by atoms with van der Waals surface area (Å²) in [6.07, 6.45) is -16.6. The normalized spacial score (nSPS) is 43.2. The summed E-state index contributed by atoms with van der Waals surface area (Å²) in [4.78, 5) is 1.97. The number of rotatable bonds is 5. The number of benzene rings is 1. The maximum atomic E-state index is 12.0. The van der Waals surface area contributed by atoms with Gasteiger partial charge in [-0.2, -0.15) is 0 Å². The highest BCUT2D eigenvalue weighted by atomic mass is 35.5. The van der Waals surface area contributed by atoms with Gasteiger partial charge in [-0.15, -0.1) is 12.4 Å². The Morgan fingerprint density at radius 3 is 2.41 bits per heavy atom. The van der Waals surface area contributed by atoms with Crippen molar-refractivity contribution in [3.8, 4) is 0 Å². The first-order valence-corrected chi connectivity index (χ1v) is 7.44. The van der Waals surface area contributed by atoms with Crippen molar-refractivity contribution in [2.45, 2.75) is 56.7 Å². The summed E-state index contributed by atoms with van der Waals surface area (Å²) in [5.74, 6) is -3.44. The molecule has 1 unspecified atom stereocenters. The van der Waals surface area contributed by atoms with Gasteiger partial charge >= 0.3 is 0 Å². The van der Waals surface area contributed by atoms with E-state index in [1.54, 1.807) is 6.07 Å². The molecule has 0 aromatic heterocycles. The first-order chi connectivity index (χ1) is 14.4. The summed E-state index contributed by atoms with van der Waals surface area (Å²) < 4.78 is 92.3. The number of nitrogens with zero attached hydrogens (tertiary/aromatic N) is 1. The Hall–Kier alpha value is -0.570. The van der Waals surface area contributed by atoms with E-state index in [-0.39, 0.29) is 30.9 Å². The quantitative estimate of drug-likeness (QED) is 0.864. The van der Waals surface area contributed by atoms with Crippen LogP contribution in [-0.2, 0) is 5.60 Å². The van der Waals surface area contributed by atoms with E-state index in [9.17, 15) is 5.11 Å². The molecule has 0 amide bonds. The summed E-state index contributed by atoms with van der Waals surface area (Å²) in [6, 6.07) is 7.38. The molecule has 0 bridgehead atoms. The van der Waals surface area contributed by atoms with Crippen LogP contribution in [0.5, 0.6) is 0 Å². The average Bonchev–Trinajstić information content (AvgIpc) is 3.24. The maximum Gasteiger partial charge on any atom is 0.0936 e. The van der Waals surface area contributed by atoms with Gasteiger partial charge in [0.05, 0.1) is 5.60 Å². The average molecular weight is 335 g/mol. The van der Waals surface area contributed by atoms with Crippen molar-refractivity contribution in [1.82, 2.24) is 4.90 Å². The Balaban J connectivity index is 0.00000385. The zero-order valence-electron chi connectivity index (χ0n) is 23.4. The lowest BCUT2D eigenvalue weighted by atomic mass is 9.71. The van der Waals surface area contributed by atoms with Crippen LogP contribution in [0.15, 0.2) is 30.3 Å². The molecule has 1 atom stereocenters. The molecule has 124 valence electrons. The predicted molar refractivity (Wildman–Crippen MR) is 94.5 cm³/mol. The smallest absolute Gasteiger partial charge is 0.0936 e. The van der Waals surface area contributed by atoms with Gasteiger partial charge in [0.15, 0.2) is 0 Å². The van der Waals surface area contributed by atoms with Gasteiger partial charge in [0.1, 0.15) is 0 Å². The lowest BCUT2D eigenvalue weighted by Crippen LogP contribution is -2.39. The number of hydrogen-bond acceptors (Lipinski definition) is 2. The van der Waals surface area contributed by atoms with Crippen LogP contribution >= 0.6 is 12.4 Å². The number of aliphatic hydroxyl groups is 1. The third-order valence-electron chi connectivity index (χ3n) is 4.15. The second-order valence-corrected chi connectivity index (χ2v) is 5.53. The fourth-order valence-electron chi connectivity index (χ4n) is 2.91. The van der Waals surface area contributed by atoms with E-state index in [2.05, 4.69) is 0 Å². The fraction of sp³-hybridized carbons (Fsp3) is 0.684. The molecule has 2 aliphatic rings. The maximum absolute atomic E-state index is 12.0. The Morgan fingerprint density at radius 2 is 1.77 bits per heavy atom. The van der Waals surface area contributed by atoms with Crippen molar-refractivity contribution in [1.29, 1.82) is 0 Å². The highest BCUT2D eigenvalue weighted by Gasteiger charge is 2.38. The zero-order valence-corrected chi connectivity index (χ0v) is 13.2. The SMILES string of the molecule is Cl.[2H]C1([2H])C([2H])([2H])C([2H])([2H])C([2H])(C(O)(CCN2CCCC2)c2ccccc2)C([2H])([2H])C1([2H])[2H]. The van der Waals surface area contributed by atoms with Crippen LogP contribution in [0.3, 0.4) is 0 Å². The molecule has 2 fully saturated rings. The molecule has 1 saturated heterocycles. The lowest BCUT2D eigenvalue weighted by Gasteiger charge is -2.40. The molecular weight excluding hydrogens is 294 g/mol. The molecule has 3 heteroatoms. The van der Waals surface area contributed by atoms with Gasteiger partial charge in [-0.1, -0.05) is 49.5 Å². The summed E-state index contributed by atoms with van der Waals surface area (Å²) >= 11 is 0. The Bertz CT molecular complexity index is 815. The molecule has 0 spiro atoms. The van der Waals surface area contributed by atoms with Crippen LogP contribution < -0.4 is 0 Å². The third kappa shape index (κ3) is 4.04. The molecule has 1 aromatic rings. The Morgan fingerprint density at radius 1 is 1.14 bits per heavy atom. The van der Waals surface area contributed by atoms with Crippen molar-refractivity contribution in [2.24, 2.45) is 5.89 Å². The molecule has 22 heavy (non-hydrogen) atoms. The number of hydrogen-bond donors (Lipinski definition) is 1. The predicted octanol–water partition coefficient (Wildman–Crippen LogP) is 4.36. The highest BCUT2D eigenvalue weighted by Crippen LogP contribution is 2.41. The van der Waals surface area contributed by atoms with Gasteiger partial charge in [-0.25, -0.2) is 0 Å². The Labute approximate surface area is 156 Å². The lowest BCUT2D eigenvalue weighted by molar-refractivity contribution is -0.0510. The molecule has 1 heterocycles. The van der Waals surface area contributed by atoms with Crippen molar-refractivity contribution >= 4 is 12.4 Å². The van der Waals surface area contributed by atoms with E-state index in [1.807, 2.05) is 4.90 Å². The fourth-order valence-corrected chi connectivity index (χ4v) is 2.91. The number of likely N-dealkylation sites (tertiary alicyclic amines) is 1. The molecule has 1 saturated carbocycles. The topological polar surface area (TPSA) is 23.5 Å². The monoisotopic (exact) mass is 334 g/mol. The van der Waals surface area contributed by atoms with E-state index in [1.165, 1.54) is 24.3 Å². The first kappa shape index (κ1) is 8.00. The highest BCUT2D eigenvalue weighted by molar-refractivity contribution is 5.85. The van der Waals surface area contributed by atoms with Crippen molar-refractivity contribution < 1.29 is 20.2 Å². The van der Waals surface area contributed by atoms with Gasteiger partial charge in [0.25, 0.3) is 0 Å². The largest absolute Gasteiger partial charge is 0.385 e. The van der Waals surface area contributed by atoms with Gasteiger partial charge in [0, 0.05) is 21.6 Å². The van der Waals surface area contributed by atoms with Crippen LogP contribution in [0.25, 0.3) is 0 Å². The van der Waals surface area contributed by atoms with Crippen molar-refractivity contribution in [3.05, 3.63) is 35.9 Å². The second kappa shape index (κ2) is 8.33. The molecule has 1 N–H and O–H groups in total.